The molecule has 0 aromatic heterocycles. The van der Waals surface area contributed by atoms with E-state index in [9.17, 15) is 14.7 Å². The maximum absolute atomic E-state index is 12.5. The summed E-state index contributed by atoms with van der Waals surface area (Å²) in [7, 11) is 2.81. The summed E-state index contributed by atoms with van der Waals surface area (Å²) in [6, 6.07) is 12.9. The number of carbonyl (C=O) groups is 2. The second-order valence-electron chi connectivity index (χ2n) is 10.4. The summed E-state index contributed by atoms with van der Waals surface area (Å²) in [6.07, 6.45) is 0.333. The van der Waals surface area contributed by atoms with Gasteiger partial charge in [0.1, 0.15) is 13.2 Å². The van der Waals surface area contributed by atoms with Crippen molar-refractivity contribution in [1.82, 2.24) is 16.1 Å². The third-order valence-electron chi connectivity index (χ3n) is 7.21. The van der Waals surface area contributed by atoms with E-state index in [2.05, 4.69) is 37.1 Å². The number of nitrogens with one attached hydrogen (secondary N) is 3. The molecule has 5 rings (SSSR count). The molecule has 3 aromatic rings. The van der Waals surface area contributed by atoms with Gasteiger partial charge < -0.3 is 48.9 Å². The van der Waals surface area contributed by atoms with Crippen LogP contribution < -0.4 is 44.5 Å². The number of rotatable bonds is 14. The lowest BCUT2D eigenvalue weighted by molar-refractivity contribution is -0.136. The van der Waals surface area contributed by atoms with E-state index in [0.29, 0.717) is 62.4 Å². The summed E-state index contributed by atoms with van der Waals surface area (Å²) in [5, 5.41) is 20.0. The summed E-state index contributed by atoms with van der Waals surface area (Å²) in [5.41, 5.74) is 5.42. The standard InChI is InChI=1S/C33H35BrN4O10/c1-5-44-27-11-20(31-30(32(40)43-4)18(2)36-33(41)37-31)7-9-23(27)46-16-29(39)38-35-14-21-12-25(42-3)28(13-22(21)34)45-15-19-6-8-24-26(10-19)48-17-47-24/h6-14,29,31,38-39H,5,15-17H2,1-4H3,(H2,36,37,41)/b35-14-/t29-,31-/m1/s1. The van der Waals surface area contributed by atoms with Crippen LogP contribution >= 0.6 is 15.9 Å². The number of aliphatic hydroxyl groups is 1. The first-order chi connectivity index (χ1) is 23.2. The van der Waals surface area contributed by atoms with Crippen molar-refractivity contribution in [3.05, 3.63) is 81.0 Å². The molecule has 0 saturated carbocycles. The van der Waals surface area contributed by atoms with Crippen molar-refractivity contribution in [2.24, 2.45) is 5.10 Å². The highest BCUT2D eigenvalue weighted by Gasteiger charge is 2.32. The first kappa shape index (κ1) is 34.2. The van der Waals surface area contributed by atoms with E-state index in [0.717, 1.165) is 5.56 Å². The Hall–Kier alpha value is -5.15. The van der Waals surface area contributed by atoms with E-state index >= 15 is 0 Å². The molecule has 48 heavy (non-hydrogen) atoms. The van der Waals surface area contributed by atoms with Crippen molar-refractivity contribution in [3.63, 3.8) is 0 Å². The third-order valence-corrected chi connectivity index (χ3v) is 7.90. The highest BCUT2D eigenvalue weighted by Crippen LogP contribution is 2.37. The van der Waals surface area contributed by atoms with Gasteiger partial charge in [0.15, 0.2) is 40.7 Å². The molecule has 0 fully saturated rings. The number of nitrogens with zero attached hydrogens (tertiary/aromatic N) is 1. The molecule has 4 N–H and O–H groups in total. The Kier molecular flexibility index (Phi) is 11.1. The molecule has 0 bridgehead atoms. The lowest BCUT2D eigenvalue weighted by Gasteiger charge is -2.28. The van der Waals surface area contributed by atoms with Crippen LogP contribution in [0.4, 0.5) is 4.79 Å². The van der Waals surface area contributed by atoms with E-state index < -0.39 is 24.3 Å². The van der Waals surface area contributed by atoms with E-state index in [1.54, 1.807) is 37.3 Å². The lowest BCUT2D eigenvalue weighted by Crippen LogP contribution is -2.45. The summed E-state index contributed by atoms with van der Waals surface area (Å²) >= 11 is 3.54. The van der Waals surface area contributed by atoms with Gasteiger partial charge in [-0.15, -0.1) is 0 Å². The zero-order chi connectivity index (χ0) is 34.2. The van der Waals surface area contributed by atoms with Crippen LogP contribution in [-0.4, -0.2) is 63.8 Å². The molecule has 2 atom stereocenters. The molecule has 2 heterocycles. The molecule has 0 unspecified atom stereocenters. The number of esters is 1. The molecule has 0 spiro atoms. The second kappa shape index (κ2) is 15.6. The fraction of sp³-hybridized carbons (Fsp3) is 0.303. The highest BCUT2D eigenvalue weighted by atomic mass is 79.9. The van der Waals surface area contributed by atoms with Crippen molar-refractivity contribution in [2.75, 3.05) is 34.2 Å². The number of aliphatic hydroxyl groups excluding tert-OH is 1. The van der Waals surface area contributed by atoms with Gasteiger partial charge in [-0.05, 0) is 77.3 Å². The van der Waals surface area contributed by atoms with Crippen LogP contribution in [-0.2, 0) is 16.1 Å². The van der Waals surface area contributed by atoms with Gasteiger partial charge in [0.25, 0.3) is 0 Å². The van der Waals surface area contributed by atoms with E-state index in [1.807, 2.05) is 25.1 Å². The molecule has 14 nitrogen and oxygen atoms in total. The van der Waals surface area contributed by atoms with Crippen LogP contribution in [0.25, 0.3) is 0 Å². The normalized spacial score (nSPS) is 15.8. The number of halogens is 1. The number of hydrogen-bond donors (Lipinski definition) is 4. The lowest BCUT2D eigenvalue weighted by atomic mass is 9.95. The Balaban J connectivity index is 1.20. The average Bonchev–Trinajstić information content (AvgIpc) is 3.55. The van der Waals surface area contributed by atoms with Crippen LogP contribution in [0.2, 0.25) is 0 Å². The first-order valence-electron chi connectivity index (χ1n) is 14.8. The maximum Gasteiger partial charge on any atom is 0.337 e. The number of methoxy groups -OCH3 is 2. The number of hydrogen-bond acceptors (Lipinski definition) is 12. The van der Waals surface area contributed by atoms with Crippen LogP contribution in [0.3, 0.4) is 0 Å². The number of amides is 2. The van der Waals surface area contributed by atoms with E-state index in [4.69, 9.17) is 33.2 Å². The largest absolute Gasteiger partial charge is 0.493 e. The van der Waals surface area contributed by atoms with E-state index in [-0.39, 0.29) is 25.6 Å². The summed E-state index contributed by atoms with van der Waals surface area (Å²) in [4.78, 5) is 24.7. The van der Waals surface area contributed by atoms with Crippen molar-refractivity contribution >= 4 is 34.1 Å². The molecule has 3 aromatic carbocycles. The Bertz CT molecular complexity index is 1730. The number of carbonyl (C=O) groups excluding carboxylic acids is 2. The first-order valence-corrected chi connectivity index (χ1v) is 15.6. The zero-order valence-corrected chi connectivity index (χ0v) is 28.2. The SMILES string of the molecule is CCOc1cc([C@H]2NC(=O)NC(C)=C2C(=O)OC)ccc1OC[C@@H](O)N/N=C\c1cc(OC)c(OCc2ccc3c(c2)OCO3)cc1Br. The number of ether oxygens (including phenoxy) is 7. The predicted octanol–water partition coefficient (Wildman–Crippen LogP) is 4.29. The number of urea groups is 1. The maximum atomic E-state index is 12.5. The zero-order valence-electron chi connectivity index (χ0n) is 26.6. The molecule has 2 aliphatic rings. The van der Waals surface area contributed by atoms with Gasteiger partial charge in [0.05, 0.1) is 38.7 Å². The van der Waals surface area contributed by atoms with E-state index in [1.165, 1.54) is 20.4 Å². The fourth-order valence-corrected chi connectivity index (χ4v) is 5.35. The van der Waals surface area contributed by atoms with Gasteiger partial charge in [-0.25, -0.2) is 9.59 Å². The Morgan fingerprint density at radius 1 is 1.06 bits per heavy atom. The molecule has 0 saturated heterocycles. The average molecular weight is 728 g/mol. The monoisotopic (exact) mass is 726 g/mol. The molecule has 0 aliphatic carbocycles. The minimum atomic E-state index is -1.18. The Morgan fingerprint density at radius 3 is 2.62 bits per heavy atom. The van der Waals surface area contributed by atoms with Crippen LogP contribution in [0, 0.1) is 0 Å². The molecule has 15 heteroatoms. The van der Waals surface area contributed by atoms with Crippen LogP contribution in [0.5, 0.6) is 34.5 Å². The topological polar surface area (TPSA) is 167 Å². The molecule has 0 radical (unpaired) electrons. The molecular weight excluding hydrogens is 692 g/mol. The molecule has 2 amide bonds. The van der Waals surface area contributed by atoms with Crippen LogP contribution in [0.1, 0.15) is 36.6 Å². The van der Waals surface area contributed by atoms with Gasteiger partial charge >= 0.3 is 12.0 Å². The number of allylic oxidation sites excluding steroid dienone is 1. The minimum Gasteiger partial charge on any atom is -0.493 e. The molecule has 254 valence electrons. The summed E-state index contributed by atoms with van der Waals surface area (Å²) in [6.45, 7) is 4.06. The summed E-state index contributed by atoms with van der Waals surface area (Å²) in [5.74, 6) is 2.51. The van der Waals surface area contributed by atoms with Gasteiger partial charge in [0, 0.05) is 15.7 Å². The smallest absolute Gasteiger partial charge is 0.337 e. The molecular formula is C33H35BrN4O10. The van der Waals surface area contributed by atoms with Gasteiger partial charge in [0.2, 0.25) is 6.79 Å². The third kappa shape index (κ3) is 8.04. The molecule has 2 aliphatic heterocycles. The minimum absolute atomic E-state index is 0.176. The fourth-order valence-electron chi connectivity index (χ4n) is 4.93. The number of hydrazone groups is 1. The van der Waals surface area contributed by atoms with Gasteiger partial charge in [-0.3, -0.25) is 5.43 Å². The second-order valence-corrected chi connectivity index (χ2v) is 11.3. The quantitative estimate of drug-likeness (QED) is 0.0810. The van der Waals surface area contributed by atoms with Crippen molar-refractivity contribution < 1.29 is 47.9 Å². The number of fused-ring (bicyclic) bond motifs is 1. The van der Waals surface area contributed by atoms with Gasteiger partial charge in [-0.1, -0.05) is 12.1 Å². The van der Waals surface area contributed by atoms with Crippen LogP contribution in [0.15, 0.2) is 69.4 Å². The highest BCUT2D eigenvalue weighted by molar-refractivity contribution is 9.10. The van der Waals surface area contributed by atoms with Crippen molar-refractivity contribution in [1.29, 1.82) is 0 Å². The predicted molar refractivity (Wildman–Crippen MR) is 177 cm³/mol. The number of benzene rings is 3. The van der Waals surface area contributed by atoms with Crippen molar-refractivity contribution in [2.45, 2.75) is 32.7 Å². The van der Waals surface area contributed by atoms with Crippen molar-refractivity contribution in [3.8, 4) is 34.5 Å². The summed E-state index contributed by atoms with van der Waals surface area (Å²) < 4.78 is 39.5. The Morgan fingerprint density at radius 2 is 1.85 bits per heavy atom. The van der Waals surface area contributed by atoms with Gasteiger partial charge in [-0.2, -0.15) is 5.10 Å². The Labute approximate surface area is 285 Å².